The van der Waals surface area contributed by atoms with Gasteiger partial charge in [-0.05, 0) is 61.7 Å². The van der Waals surface area contributed by atoms with Crippen molar-refractivity contribution in [3.63, 3.8) is 0 Å². The van der Waals surface area contributed by atoms with Crippen LogP contribution in [0.1, 0.15) is 55.7 Å². The van der Waals surface area contributed by atoms with Gasteiger partial charge in [0.05, 0.1) is 19.6 Å². The molecule has 0 aliphatic carbocycles. The minimum absolute atomic E-state index is 0.0761. The van der Waals surface area contributed by atoms with E-state index in [4.69, 9.17) is 9.47 Å². The van der Waals surface area contributed by atoms with Gasteiger partial charge in [-0.2, -0.15) is 0 Å². The Hall–Kier alpha value is -2.66. The van der Waals surface area contributed by atoms with Gasteiger partial charge in [0.15, 0.2) is 0 Å². The highest BCUT2D eigenvalue weighted by atomic mass is 19.1. The second-order valence-corrected chi connectivity index (χ2v) is 8.88. The maximum absolute atomic E-state index is 13.1. The van der Waals surface area contributed by atoms with E-state index in [1.807, 2.05) is 12.2 Å². The van der Waals surface area contributed by atoms with Crippen molar-refractivity contribution in [2.45, 2.75) is 44.4 Å². The number of ether oxygens (including phenoxy) is 2. The normalized spacial score (nSPS) is 17.4. The van der Waals surface area contributed by atoms with Crippen LogP contribution in [0.2, 0.25) is 0 Å². The number of benzene rings is 2. The van der Waals surface area contributed by atoms with Crippen LogP contribution in [0.25, 0.3) is 12.2 Å². The first-order valence-corrected chi connectivity index (χ1v) is 11.7. The molecule has 1 fully saturated rings. The van der Waals surface area contributed by atoms with Crippen molar-refractivity contribution in [2.75, 3.05) is 32.8 Å². The predicted octanol–water partition coefficient (Wildman–Crippen LogP) is 5.46. The summed E-state index contributed by atoms with van der Waals surface area (Å²) < 4.78 is 24.5. The van der Waals surface area contributed by atoms with Crippen LogP contribution in [-0.2, 0) is 14.9 Å². The summed E-state index contributed by atoms with van der Waals surface area (Å²) in [7, 11) is 0. The molecule has 2 aromatic rings. The summed E-state index contributed by atoms with van der Waals surface area (Å²) in [5.74, 6) is 0.657. The fourth-order valence-electron chi connectivity index (χ4n) is 4.53. The van der Waals surface area contributed by atoms with E-state index < -0.39 is 0 Å². The van der Waals surface area contributed by atoms with Gasteiger partial charge in [-0.3, -0.25) is 4.79 Å². The van der Waals surface area contributed by atoms with E-state index in [1.165, 1.54) is 17.7 Å². The molecular weight excluding hydrogens is 405 g/mol. The standard InChI is InChI=1S/C27H32FNO3/c1-2-3-18-31-26(30)12-15-29-16-13-27(14-17-29)20-32-25-19-22(8-11-24(25)27)5-4-21-6-9-23(28)10-7-21/h4-11,19H,2-3,12-18,20H2,1H3/b5-4+. The highest BCUT2D eigenvalue weighted by molar-refractivity contribution is 5.71. The molecule has 0 bridgehead atoms. The Balaban J connectivity index is 1.32. The summed E-state index contributed by atoms with van der Waals surface area (Å²) in [5, 5.41) is 0. The highest BCUT2D eigenvalue weighted by Crippen LogP contribution is 2.45. The second-order valence-electron chi connectivity index (χ2n) is 8.88. The highest BCUT2D eigenvalue weighted by Gasteiger charge is 2.42. The smallest absolute Gasteiger partial charge is 0.307 e. The molecule has 0 aromatic heterocycles. The average molecular weight is 438 g/mol. The van der Waals surface area contributed by atoms with Crippen molar-refractivity contribution in [2.24, 2.45) is 0 Å². The zero-order valence-corrected chi connectivity index (χ0v) is 18.8. The van der Waals surface area contributed by atoms with E-state index in [2.05, 4.69) is 30.0 Å². The van der Waals surface area contributed by atoms with E-state index in [1.54, 1.807) is 12.1 Å². The monoisotopic (exact) mass is 437 g/mol. The SMILES string of the molecule is CCCCOC(=O)CCN1CCC2(CC1)COc1cc(/C=C/c3ccc(F)cc3)ccc12. The summed E-state index contributed by atoms with van der Waals surface area (Å²) in [4.78, 5) is 14.2. The Morgan fingerprint density at radius 1 is 1.12 bits per heavy atom. The van der Waals surface area contributed by atoms with Crippen LogP contribution in [0, 0.1) is 5.82 Å². The molecule has 0 atom stereocenters. The number of hydrogen-bond donors (Lipinski definition) is 0. The van der Waals surface area contributed by atoms with Crippen molar-refractivity contribution >= 4 is 18.1 Å². The molecule has 2 aliphatic heterocycles. The molecule has 1 spiro atoms. The van der Waals surface area contributed by atoms with E-state index in [0.717, 1.165) is 68.8 Å². The first-order chi connectivity index (χ1) is 15.6. The maximum atomic E-state index is 13.1. The lowest BCUT2D eigenvalue weighted by Crippen LogP contribution is -2.44. The number of carbonyl (C=O) groups is 1. The third-order valence-corrected chi connectivity index (χ3v) is 6.63. The average Bonchev–Trinajstić information content (AvgIpc) is 3.16. The van der Waals surface area contributed by atoms with E-state index in [-0.39, 0.29) is 17.2 Å². The molecule has 2 aromatic carbocycles. The van der Waals surface area contributed by atoms with Gasteiger partial charge >= 0.3 is 5.97 Å². The second kappa shape index (κ2) is 10.3. The summed E-state index contributed by atoms with van der Waals surface area (Å²) in [5.41, 5.74) is 3.41. The number of halogens is 1. The van der Waals surface area contributed by atoms with Gasteiger partial charge < -0.3 is 14.4 Å². The fourth-order valence-corrected chi connectivity index (χ4v) is 4.53. The van der Waals surface area contributed by atoms with Gasteiger partial charge in [0.2, 0.25) is 0 Å². The largest absolute Gasteiger partial charge is 0.492 e. The van der Waals surface area contributed by atoms with Crippen molar-refractivity contribution in [3.8, 4) is 5.75 Å². The first-order valence-electron chi connectivity index (χ1n) is 11.7. The zero-order valence-electron chi connectivity index (χ0n) is 18.8. The molecule has 4 nitrogen and oxygen atoms in total. The lowest BCUT2D eigenvalue weighted by Gasteiger charge is -2.38. The van der Waals surface area contributed by atoms with Crippen molar-refractivity contribution in [1.82, 2.24) is 4.90 Å². The molecule has 1 saturated heterocycles. The first kappa shape index (κ1) is 22.5. The van der Waals surface area contributed by atoms with Crippen LogP contribution in [0.5, 0.6) is 5.75 Å². The quantitative estimate of drug-likeness (QED) is 0.312. The van der Waals surface area contributed by atoms with Gasteiger partial charge in [0.1, 0.15) is 11.6 Å². The van der Waals surface area contributed by atoms with Gasteiger partial charge in [0.25, 0.3) is 0 Å². The Labute approximate surface area is 190 Å². The van der Waals surface area contributed by atoms with Crippen LogP contribution in [0.3, 0.4) is 0 Å². The molecule has 32 heavy (non-hydrogen) atoms. The number of likely N-dealkylation sites (tertiary alicyclic amines) is 1. The number of carbonyl (C=O) groups excluding carboxylic acids is 1. The number of nitrogens with zero attached hydrogens (tertiary/aromatic N) is 1. The molecule has 0 N–H and O–H groups in total. The Morgan fingerprint density at radius 3 is 2.59 bits per heavy atom. The molecule has 0 saturated carbocycles. The molecule has 0 unspecified atom stereocenters. The van der Waals surface area contributed by atoms with Crippen molar-refractivity contribution in [3.05, 3.63) is 65.0 Å². The summed E-state index contributed by atoms with van der Waals surface area (Å²) in [6, 6.07) is 12.9. The fraction of sp³-hybridized carbons (Fsp3) is 0.444. The number of fused-ring (bicyclic) bond motifs is 2. The molecule has 5 heteroatoms. The number of piperidine rings is 1. The molecule has 0 radical (unpaired) electrons. The lowest BCUT2D eigenvalue weighted by molar-refractivity contribution is -0.144. The summed E-state index contributed by atoms with van der Waals surface area (Å²) in [6.07, 6.45) is 8.53. The lowest BCUT2D eigenvalue weighted by atomic mass is 9.74. The van der Waals surface area contributed by atoms with Gasteiger partial charge in [0, 0.05) is 17.5 Å². The van der Waals surface area contributed by atoms with Crippen molar-refractivity contribution < 1.29 is 18.7 Å². The predicted molar refractivity (Wildman–Crippen MR) is 125 cm³/mol. The molecule has 0 amide bonds. The Kier molecular flexibility index (Phi) is 7.26. The minimum Gasteiger partial charge on any atom is -0.492 e. The van der Waals surface area contributed by atoms with Gasteiger partial charge in [-0.25, -0.2) is 4.39 Å². The number of rotatable bonds is 8. The third kappa shape index (κ3) is 5.39. The summed E-state index contributed by atoms with van der Waals surface area (Å²) in [6.45, 7) is 6.05. The van der Waals surface area contributed by atoms with Gasteiger partial charge in [-0.15, -0.1) is 0 Å². The van der Waals surface area contributed by atoms with Crippen LogP contribution < -0.4 is 4.74 Å². The molecule has 4 rings (SSSR count). The van der Waals surface area contributed by atoms with E-state index in [0.29, 0.717) is 13.0 Å². The zero-order chi connectivity index (χ0) is 22.4. The molecule has 2 aliphatic rings. The maximum Gasteiger partial charge on any atom is 0.307 e. The third-order valence-electron chi connectivity index (χ3n) is 6.63. The minimum atomic E-state index is -0.226. The molecule has 2 heterocycles. The van der Waals surface area contributed by atoms with Crippen LogP contribution in [0.4, 0.5) is 4.39 Å². The number of unbranched alkanes of at least 4 members (excludes halogenated alkanes) is 1. The topological polar surface area (TPSA) is 38.8 Å². The number of hydrogen-bond acceptors (Lipinski definition) is 4. The summed E-state index contributed by atoms with van der Waals surface area (Å²) >= 11 is 0. The molecule has 170 valence electrons. The van der Waals surface area contributed by atoms with Crippen LogP contribution in [-0.4, -0.2) is 43.7 Å². The van der Waals surface area contributed by atoms with Gasteiger partial charge in [-0.1, -0.05) is 49.8 Å². The van der Waals surface area contributed by atoms with E-state index in [9.17, 15) is 9.18 Å². The number of esters is 1. The van der Waals surface area contributed by atoms with Crippen molar-refractivity contribution in [1.29, 1.82) is 0 Å². The van der Waals surface area contributed by atoms with Crippen LogP contribution >= 0.6 is 0 Å². The Bertz CT molecular complexity index is 946. The van der Waals surface area contributed by atoms with E-state index >= 15 is 0 Å². The Morgan fingerprint density at radius 2 is 1.84 bits per heavy atom. The van der Waals surface area contributed by atoms with Crippen LogP contribution in [0.15, 0.2) is 42.5 Å². The molecular formula is C27H32FNO3.